The van der Waals surface area contributed by atoms with Gasteiger partial charge in [-0.25, -0.2) is 0 Å². The van der Waals surface area contributed by atoms with Crippen molar-refractivity contribution in [1.82, 2.24) is 24.8 Å². The van der Waals surface area contributed by atoms with Gasteiger partial charge in [0.1, 0.15) is 12.2 Å². The maximum Gasteiger partial charge on any atom is 0.252 e. The molecule has 0 spiro atoms. The highest BCUT2D eigenvalue weighted by Gasteiger charge is 2.27. The molecule has 0 saturated carbocycles. The molecule has 1 aliphatic rings. The zero-order valence-corrected chi connectivity index (χ0v) is 14.3. The fraction of sp³-hybridized carbons (Fsp3) is 0.188. The first kappa shape index (κ1) is 16.3. The molecule has 0 fully saturated rings. The molecule has 9 nitrogen and oxygen atoms in total. The lowest BCUT2D eigenvalue weighted by molar-refractivity contribution is 0.648. The van der Waals surface area contributed by atoms with Gasteiger partial charge < -0.3 is 16.1 Å². The number of hydrogen-bond acceptors (Lipinski definition) is 6. The van der Waals surface area contributed by atoms with Crippen LogP contribution in [-0.4, -0.2) is 30.6 Å². The number of amidine groups is 1. The van der Waals surface area contributed by atoms with Crippen LogP contribution in [0.5, 0.6) is 0 Å². The van der Waals surface area contributed by atoms with Gasteiger partial charge in [-0.3, -0.25) is 4.79 Å². The Hall–Kier alpha value is -3.20. The minimum atomic E-state index is -0.310. The zero-order chi connectivity index (χ0) is 18.3. The smallest absolute Gasteiger partial charge is 0.252 e. The van der Waals surface area contributed by atoms with Gasteiger partial charge in [0.25, 0.3) is 5.56 Å². The van der Waals surface area contributed by atoms with Gasteiger partial charge in [-0.1, -0.05) is 11.6 Å². The Morgan fingerprint density at radius 1 is 1.31 bits per heavy atom. The highest BCUT2D eigenvalue weighted by atomic mass is 35.5. The number of hydrazone groups is 1. The molecule has 3 heterocycles. The fourth-order valence-electron chi connectivity index (χ4n) is 3.33. The monoisotopic (exact) mass is 370 g/mol. The van der Waals surface area contributed by atoms with E-state index in [1.165, 1.54) is 11.0 Å². The summed E-state index contributed by atoms with van der Waals surface area (Å²) in [5, 5.41) is 15.3. The second-order valence-electron chi connectivity index (χ2n) is 5.97. The van der Waals surface area contributed by atoms with Crippen molar-refractivity contribution < 1.29 is 0 Å². The third kappa shape index (κ3) is 2.62. The minimum Gasteiger partial charge on any atom is -0.384 e. The molecule has 10 heteroatoms. The van der Waals surface area contributed by atoms with Crippen LogP contribution in [0.1, 0.15) is 18.2 Å². The number of hydrogen-bond donors (Lipinski definition) is 2. The first-order valence-corrected chi connectivity index (χ1v) is 8.28. The van der Waals surface area contributed by atoms with Gasteiger partial charge in [-0.05, 0) is 53.1 Å². The molecule has 0 bridgehead atoms. The number of fused-ring (bicyclic) bond motifs is 1. The molecule has 1 atom stereocenters. The van der Waals surface area contributed by atoms with Gasteiger partial charge in [0, 0.05) is 22.3 Å². The van der Waals surface area contributed by atoms with E-state index < -0.39 is 0 Å². The molecule has 0 radical (unpaired) electrons. The molecule has 3 aromatic rings. The van der Waals surface area contributed by atoms with Gasteiger partial charge in [0.15, 0.2) is 0 Å². The Bertz CT molecular complexity index is 1060. The summed E-state index contributed by atoms with van der Waals surface area (Å²) in [4.78, 5) is 12.8. The van der Waals surface area contributed by atoms with Crippen LogP contribution in [-0.2, 0) is 6.42 Å². The lowest BCUT2D eigenvalue weighted by Crippen LogP contribution is -2.32. The number of aromatic nitrogens is 5. The average Bonchev–Trinajstić information content (AvgIpc) is 3.30. The van der Waals surface area contributed by atoms with Gasteiger partial charge in [-0.15, -0.1) is 5.10 Å². The number of nitrogens with zero attached hydrogens (tertiary/aromatic N) is 6. The Labute approximate surface area is 152 Å². The number of nitrogens with two attached hydrogens (primary N) is 2. The molecular formula is C16H15ClN8O. The summed E-state index contributed by atoms with van der Waals surface area (Å²) in [7, 11) is 0. The summed E-state index contributed by atoms with van der Waals surface area (Å²) in [6.45, 7) is 0. The van der Waals surface area contributed by atoms with E-state index in [2.05, 4.69) is 20.6 Å². The maximum absolute atomic E-state index is 12.8. The number of aryl methyl sites for hydroxylation is 1. The number of halogens is 1. The van der Waals surface area contributed by atoms with E-state index in [-0.39, 0.29) is 17.4 Å². The third-order valence-corrected chi connectivity index (χ3v) is 4.72. The molecule has 0 amide bonds. The SMILES string of the molecule is N/N=C(\N)C1CCc2cc(-c3cc(Cl)ccc3-n3cnnn3)cc(=O)n21. The quantitative estimate of drug-likeness (QED) is 0.304. The average molecular weight is 371 g/mol. The van der Waals surface area contributed by atoms with E-state index in [0.29, 0.717) is 17.9 Å². The van der Waals surface area contributed by atoms with Crippen molar-refractivity contribution in [2.24, 2.45) is 16.7 Å². The van der Waals surface area contributed by atoms with Crippen molar-refractivity contribution in [3.63, 3.8) is 0 Å². The van der Waals surface area contributed by atoms with Gasteiger partial charge >= 0.3 is 0 Å². The molecular weight excluding hydrogens is 356 g/mol. The lowest BCUT2D eigenvalue weighted by Gasteiger charge is -2.15. The number of pyridine rings is 1. The maximum atomic E-state index is 12.8. The highest BCUT2D eigenvalue weighted by Crippen LogP contribution is 2.32. The zero-order valence-electron chi connectivity index (χ0n) is 13.6. The standard InChI is InChI=1S/C16H15ClN8O/c17-10-1-3-13(24-8-20-22-23-24)12(7-10)9-5-11-2-4-14(16(18)21-19)25(11)15(26)6-9/h1,3,5-8,14H,2,4,19H2,(H2,18,21). The van der Waals surface area contributed by atoms with Crippen molar-refractivity contribution in [2.75, 3.05) is 0 Å². The Balaban J connectivity index is 1.88. The second-order valence-corrected chi connectivity index (χ2v) is 6.40. The normalized spacial score (nSPS) is 16.7. The van der Waals surface area contributed by atoms with Crippen LogP contribution in [0.4, 0.5) is 0 Å². The largest absolute Gasteiger partial charge is 0.384 e. The summed E-state index contributed by atoms with van der Waals surface area (Å²) in [5.74, 6) is 5.53. The Morgan fingerprint density at radius 3 is 2.88 bits per heavy atom. The number of tetrazole rings is 1. The predicted molar refractivity (Wildman–Crippen MR) is 97.0 cm³/mol. The summed E-state index contributed by atoms with van der Waals surface area (Å²) in [6, 6.07) is 8.52. The van der Waals surface area contributed by atoms with Gasteiger partial charge in [0.2, 0.25) is 0 Å². The van der Waals surface area contributed by atoms with E-state index in [9.17, 15) is 4.79 Å². The molecule has 1 unspecified atom stereocenters. The van der Waals surface area contributed by atoms with E-state index in [0.717, 1.165) is 22.5 Å². The molecule has 0 aliphatic carbocycles. The first-order valence-electron chi connectivity index (χ1n) is 7.90. The van der Waals surface area contributed by atoms with Crippen molar-refractivity contribution in [2.45, 2.75) is 18.9 Å². The van der Waals surface area contributed by atoms with Gasteiger partial charge in [0.05, 0.1) is 11.7 Å². The van der Waals surface area contributed by atoms with Crippen LogP contribution in [0.3, 0.4) is 0 Å². The van der Waals surface area contributed by atoms with Crippen molar-refractivity contribution in [3.05, 3.63) is 57.7 Å². The van der Waals surface area contributed by atoms with Crippen LogP contribution in [0.15, 0.2) is 46.6 Å². The van der Waals surface area contributed by atoms with E-state index in [1.807, 2.05) is 6.07 Å². The molecule has 1 aromatic carbocycles. The Morgan fingerprint density at radius 2 is 2.15 bits per heavy atom. The highest BCUT2D eigenvalue weighted by molar-refractivity contribution is 6.31. The van der Waals surface area contributed by atoms with E-state index in [4.69, 9.17) is 23.2 Å². The van der Waals surface area contributed by atoms with Crippen LogP contribution >= 0.6 is 11.6 Å². The minimum absolute atomic E-state index is 0.172. The van der Waals surface area contributed by atoms with Crippen LogP contribution in [0, 0.1) is 0 Å². The fourth-order valence-corrected chi connectivity index (χ4v) is 3.50. The molecule has 1 aliphatic heterocycles. The summed E-state index contributed by atoms with van der Waals surface area (Å²) >= 11 is 6.18. The van der Waals surface area contributed by atoms with Crippen LogP contribution < -0.4 is 17.1 Å². The summed E-state index contributed by atoms with van der Waals surface area (Å²) in [5.41, 5.74) is 8.75. The van der Waals surface area contributed by atoms with Crippen LogP contribution in [0.25, 0.3) is 16.8 Å². The molecule has 0 saturated heterocycles. The molecule has 4 rings (SSSR count). The summed E-state index contributed by atoms with van der Waals surface area (Å²) < 4.78 is 3.16. The van der Waals surface area contributed by atoms with E-state index >= 15 is 0 Å². The van der Waals surface area contributed by atoms with Crippen LogP contribution in [0.2, 0.25) is 5.02 Å². The molecule has 2 aromatic heterocycles. The van der Waals surface area contributed by atoms with Gasteiger partial charge in [-0.2, -0.15) is 9.78 Å². The molecule has 132 valence electrons. The molecule has 4 N–H and O–H groups in total. The number of rotatable bonds is 3. The van der Waals surface area contributed by atoms with Crippen molar-refractivity contribution in [1.29, 1.82) is 0 Å². The second kappa shape index (κ2) is 6.26. The predicted octanol–water partition coefficient (Wildman–Crippen LogP) is 0.863. The van der Waals surface area contributed by atoms with Crippen molar-refractivity contribution in [3.8, 4) is 16.8 Å². The Kier molecular flexibility index (Phi) is 3.92. The molecule has 26 heavy (non-hydrogen) atoms. The topological polar surface area (TPSA) is 130 Å². The van der Waals surface area contributed by atoms with Crippen molar-refractivity contribution >= 4 is 17.4 Å². The lowest BCUT2D eigenvalue weighted by atomic mass is 10.0. The third-order valence-electron chi connectivity index (χ3n) is 4.49. The first-order chi connectivity index (χ1) is 12.6. The summed E-state index contributed by atoms with van der Waals surface area (Å²) in [6.07, 6.45) is 2.87. The van der Waals surface area contributed by atoms with E-state index in [1.54, 1.807) is 28.8 Å². The number of benzene rings is 1.